The third-order valence-corrected chi connectivity index (χ3v) is 11.7. The minimum absolute atomic E-state index is 0.177. The molecule has 0 saturated carbocycles. The van der Waals surface area contributed by atoms with Gasteiger partial charge >= 0.3 is 19.3 Å². The Labute approximate surface area is 398 Å². The van der Waals surface area contributed by atoms with Gasteiger partial charge < -0.3 is 29.0 Å². The van der Waals surface area contributed by atoms with Gasteiger partial charge in [-0.2, -0.15) is 9.59 Å². The van der Waals surface area contributed by atoms with Crippen molar-refractivity contribution in [2.24, 2.45) is 0 Å². The molecule has 2 atom stereocenters. The van der Waals surface area contributed by atoms with Gasteiger partial charge in [-0.1, -0.05) is 26.0 Å². The summed E-state index contributed by atoms with van der Waals surface area (Å²) in [5.74, 6) is -0.0432. The van der Waals surface area contributed by atoms with Crippen LogP contribution in [-0.4, -0.2) is 130 Å². The standard InChI is InChI=1S/C19H19FN6O3.C16H21BFNO5.C9H10BrN5/c1-2-7-26-23-18(22-24-26)17-6-3-12(9-21-17)15-5-4-13(8-16(15)20)25-10-14(11-27)29-19(25)28;1-15(2)16(3,4)24-17(23-15)12-6-5-10(7-13(12)18)19-8-11(9-20)22-14(19)21;1-2-5-15-13-9(12-14-15)8-4-3-7(10)6-11-8/h3-6,8-9,14,27H,2,7,10-11H2,1H3;5-7,11,20H,8-9H2,1-4H3;3-4,6H,2,5H2,1H3/t14-;11-;/m11./s1. The third-order valence-electron chi connectivity index (χ3n) is 11.2. The van der Waals surface area contributed by atoms with Crippen LogP contribution in [0.2, 0.25) is 0 Å². The van der Waals surface area contributed by atoms with Crippen molar-refractivity contribution < 1.29 is 47.4 Å². The van der Waals surface area contributed by atoms with Crippen LogP contribution in [0.1, 0.15) is 54.4 Å². The highest BCUT2D eigenvalue weighted by molar-refractivity contribution is 9.10. The summed E-state index contributed by atoms with van der Waals surface area (Å²) in [5, 5.41) is 42.5. The van der Waals surface area contributed by atoms with Crippen molar-refractivity contribution in [1.29, 1.82) is 0 Å². The van der Waals surface area contributed by atoms with E-state index in [-0.39, 0.29) is 31.8 Å². The maximum atomic E-state index is 14.7. The van der Waals surface area contributed by atoms with Crippen molar-refractivity contribution >= 4 is 52.1 Å². The lowest BCUT2D eigenvalue weighted by atomic mass is 9.78. The molecule has 3 saturated heterocycles. The van der Waals surface area contributed by atoms with Crippen LogP contribution < -0.4 is 15.3 Å². The van der Waals surface area contributed by atoms with Crippen LogP contribution in [0, 0.1) is 11.6 Å². The SMILES string of the molecule is CC1(C)OB(c2ccc(N3C[C@H](CO)OC3=O)cc2F)OC1(C)C.CCCn1nnc(-c2ccc(-c3ccc(N4C[C@H](CO)OC4=O)cc3F)cn2)n1.CCCn1nnc(-c2ccc(Br)cn2)n1. The maximum absolute atomic E-state index is 14.7. The van der Waals surface area contributed by atoms with Gasteiger partial charge in [-0.15, -0.1) is 20.4 Å². The Morgan fingerprint density at radius 1 is 0.706 bits per heavy atom. The van der Waals surface area contributed by atoms with Crippen molar-refractivity contribution in [3.8, 4) is 34.2 Å². The second-order valence-electron chi connectivity index (χ2n) is 16.8. The van der Waals surface area contributed by atoms with E-state index in [0.717, 1.165) is 29.6 Å². The number of pyridine rings is 2. The Kier molecular flexibility index (Phi) is 15.5. The summed E-state index contributed by atoms with van der Waals surface area (Å²) in [6.45, 7) is 13.0. The number of aryl methyl sites for hydroxylation is 2. The van der Waals surface area contributed by atoms with Gasteiger partial charge in [-0.3, -0.25) is 19.8 Å². The van der Waals surface area contributed by atoms with Crippen molar-refractivity contribution in [3.05, 3.63) is 89.2 Å². The Hall–Kier alpha value is -6.34. The molecule has 0 aliphatic carbocycles. The Balaban J connectivity index is 0.000000158. The zero-order chi connectivity index (χ0) is 48.8. The van der Waals surface area contributed by atoms with Gasteiger partial charge in [0.25, 0.3) is 0 Å². The first-order valence-corrected chi connectivity index (χ1v) is 22.6. The minimum Gasteiger partial charge on any atom is -0.441 e. The summed E-state index contributed by atoms with van der Waals surface area (Å²) >= 11 is 3.32. The molecule has 3 fully saturated rings. The lowest BCUT2D eigenvalue weighted by Gasteiger charge is -2.32. The monoisotopic (exact) mass is 1000 g/mol. The van der Waals surface area contributed by atoms with Crippen LogP contribution in [-0.2, 0) is 31.9 Å². The molecule has 6 aromatic rings. The highest BCUT2D eigenvalue weighted by Gasteiger charge is 2.52. The molecular formula is C44H50BBrF2N12O8. The topological polar surface area (TPSA) is 231 Å². The number of tetrazole rings is 2. The predicted octanol–water partition coefficient (Wildman–Crippen LogP) is 5.62. The number of carbonyl (C=O) groups is 2. The van der Waals surface area contributed by atoms with E-state index in [2.05, 4.69) is 63.6 Å². The van der Waals surface area contributed by atoms with Crippen LogP contribution >= 0.6 is 15.9 Å². The van der Waals surface area contributed by atoms with Gasteiger partial charge in [0.1, 0.15) is 35.2 Å². The van der Waals surface area contributed by atoms with Crippen molar-refractivity contribution in [2.45, 2.75) is 90.9 Å². The number of hydrogen-bond acceptors (Lipinski definition) is 16. The van der Waals surface area contributed by atoms with E-state index in [1.165, 1.54) is 26.7 Å². The van der Waals surface area contributed by atoms with Gasteiger partial charge in [0, 0.05) is 33.5 Å². The molecule has 3 aliphatic rings. The maximum Gasteiger partial charge on any atom is 0.497 e. The van der Waals surface area contributed by atoms with Gasteiger partial charge in [0.15, 0.2) is 0 Å². The number of rotatable bonds is 12. The van der Waals surface area contributed by atoms with E-state index in [0.29, 0.717) is 46.4 Å². The molecule has 0 radical (unpaired) electrons. The summed E-state index contributed by atoms with van der Waals surface area (Å²) in [6.07, 6.45) is 2.74. The molecular weight excluding hydrogens is 953 g/mol. The van der Waals surface area contributed by atoms with E-state index < -0.39 is 54.3 Å². The Morgan fingerprint density at radius 3 is 1.63 bits per heavy atom. The highest BCUT2D eigenvalue weighted by atomic mass is 79.9. The number of ether oxygens (including phenoxy) is 2. The molecule has 0 bridgehead atoms. The minimum atomic E-state index is -0.806. The third kappa shape index (κ3) is 11.3. The fourth-order valence-corrected chi connectivity index (χ4v) is 7.12. The number of cyclic esters (lactones) is 2. The number of anilines is 2. The van der Waals surface area contributed by atoms with Crippen LogP contribution in [0.25, 0.3) is 34.2 Å². The molecule has 0 unspecified atom stereocenters. The van der Waals surface area contributed by atoms with Crippen LogP contribution in [0.15, 0.2) is 77.5 Å². The van der Waals surface area contributed by atoms with Crippen molar-refractivity contribution in [2.75, 3.05) is 36.1 Å². The van der Waals surface area contributed by atoms with E-state index in [1.54, 1.807) is 53.6 Å². The molecule has 7 heterocycles. The normalized spacial score (nSPS) is 18.2. The van der Waals surface area contributed by atoms with E-state index in [1.807, 2.05) is 46.8 Å². The fourth-order valence-electron chi connectivity index (χ4n) is 6.88. The summed E-state index contributed by atoms with van der Waals surface area (Å²) in [6, 6.07) is 16.1. The summed E-state index contributed by atoms with van der Waals surface area (Å²) in [4.78, 5) is 37.8. The molecule has 2 amide bonds. The lowest BCUT2D eigenvalue weighted by molar-refractivity contribution is 0.00578. The molecule has 358 valence electrons. The quantitative estimate of drug-likeness (QED) is 0.142. The number of hydrogen-bond donors (Lipinski definition) is 2. The first-order valence-electron chi connectivity index (χ1n) is 21.8. The molecule has 68 heavy (non-hydrogen) atoms. The number of halogens is 3. The average molecular weight is 1000 g/mol. The first kappa shape index (κ1) is 49.6. The van der Waals surface area contributed by atoms with Gasteiger partial charge in [-0.25, -0.2) is 18.4 Å². The smallest absolute Gasteiger partial charge is 0.441 e. The first-order chi connectivity index (χ1) is 32.5. The number of aromatic nitrogens is 10. The molecule has 2 N–H and O–H groups in total. The molecule has 20 nitrogen and oxygen atoms in total. The van der Waals surface area contributed by atoms with E-state index in [4.69, 9.17) is 29.0 Å². The molecule has 4 aromatic heterocycles. The highest BCUT2D eigenvalue weighted by Crippen LogP contribution is 2.37. The van der Waals surface area contributed by atoms with Crippen LogP contribution in [0.3, 0.4) is 0 Å². The molecule has 9 rings (SSSR count). The van der Waals surface area contributed by atoms with Crippen molar-refractivity contribution in [1.82, 2.24) is 50.4 Å². The molecule has 24 heteroatoms. The number of nitrogens with zero attached hydrogens (tertiary/aromatic N) is 12. The Bertz CT molecular complexity index is 2680. The Morgan fingerprint density at radius 2 is 1.21 bits per heavy atom. The summed E-state index contributed by atoms with van der Waals surface area (Å²) in [7, 11) is -0.806. The second-order valence-corrected chi connectivity index (χ2v) is 17.7. The van der Waals surface area contributed by atoms with Gasteiger partial charge in [0.2, 0.25) is 11.6 Å². The van der Waals surface area contributed by atoms with E-state index in [9.17, 15) is 18.4 Å². The van der Waals surface area contributed by atoms with Crippen molar-refractivity contribution in [3.63, 3.8) is 0 Å². The zero-order valence-electron chi connectivity index (χ0n) is 38.2. The number of aliphatic hydroxyl groups excluding tert-OH is 2. The molecule has 2 aromatic carbocycles. The van der Waals surface area contributed by atoms with Gasteiger partial charge in [0.05, 0.1) is 62.0 Å². The van der Waals surface area contributed by atoms with Crippen LogP contribution in [0.5, 0.6) is 0 Å². The second kappa shape index (κ2) is 21.3. The summed E-state index contributed by atoms with van der Waals surface area (Å²) < 4.78 is 51.9. The summed E-state index contributed by atoms with van der Waals surface area (Å²) in [5.41, 5.74) is 2.11. The largest absolute Gasteiger partial charge is 0.497 e. The van der Waals surface area contributed by atoms with Gasteiger partial charge in [-0.05, 0) is 115 Å². The number of amides is 2. The number of aliphatic hydroxyl groups is 2. The zero-order valence-corrected chi connectivity index (χ0v) is 39.7. The lowest BCUT2D eigenvalue weighted by Crippen LogP contribution is -2.41. The average Bonchev–Trinajstić information content (AvgIpc) is 4.16. The van der Waals surface area contributed by atoms with E-state index >= 15 is 0 Å². The number of carbonyl (C=O) groups excluding carboxylic acids is 2. The predicted molar refractivity (Wildman–Crippen MR) is 247 cm³/mol. The number of benzene rings is 2. The van der Waals surface area contributed by atoms with Crippen LogP contribution in [0.4, 0.5) is 29.7 Å². The fraction of sp³-hybridized carbons (Fsp3) is 0.409. The molecule has 3 aliphatic heterocycles. The molecule has 0 spiro atoms.